The van der Waals surface area contributed by atoms with Gasteiger partial charge in [0.2, 0.25) is 5.91 Å². The van der Waals surface area contributed by atoms with Crippen LogP contribution in [0.5, 0.6) is 0 Å². The molecule has 0 aromatic heterocycles. The lowest BCUT2D eigenvalue weighted by atomic mass is 9.88. The van der Waals surface area contributed by atoms with E-state index >= 15 is 0 Å². The maximum absolute atomic E-state index is 12.5. The van der Waals surface area contributed by atoms with E-state index in [0.717, 1.165) is 25.7 Å². The second-order valence-corrected chi connectivity index (χ2v) is 8.15. The van der Waals surface area contributed by atoms with Gasteiger partial charge < -0.3 is 15.3 Å². The van der Waals surface area contributed by atoms with Gasteiger partial charge in [-0.05, 0) is 38.2 Å². The maximum Gasteiger partial charge on any atom is 0.302 e. The van der Waals surface area contributed by atoms with Crippen LogP contribution >= 0.6 is 0 Å². The molecule has 0 radical (unpaired) electrons. The fourth-order valence-electron chi connectivity index (χ4n) is 4.56. The first-order chi connectivity index (χ1) is 14.3. The molecule has 2 fully saturated rings. The van der Waals surface area contributed by atoms with Crippen molar-refractivity contribution in [3.05, 3.63) is 37.4 Å². The highest BCUT2D eigenvalue weighted by atomic mass is 16.6. The number of carbonyl (C=O) groups is 1. The zero-order chi connectivity index (χ0) is 21.8. The van der Waals surface area contributed by atoms with Gasteiger partial charge in [-0.1, -0.05) is 19.3 Å². The number of piperidine rings is 1. The van der Waals surface area contributed by atoms with Crippen LogP contribution < -0.4 is 10.2 Å². The summed E-state index contributed by atoms with van der Waals surface area (Å²) in [5.74, 6) is 0.140. The molecule has 1 saturated heterocycles. The normalized spacial score (nSPS) is 18.3. The minimum Gasteiger partial charge on any atom is -0.392 e. The molecular weight excluding hydrogens is 392 g/mol. The van der Waals surface area contributed by atoms with Gasteiger partial charge in [0.15, 0.2) is 5.69 Å². The largest absolute Gasteiger partial charge is 0.392 e. The van der Waals surface area contributed by atoms with Crippen molar-refractivity contribution in [2.24, 2.45) is 5.92 Å². The van der Waals surface area contributed by atoms with E-state index in [4.69, 9.17) is 0 Å². The van der Waals surface area contributed by atoms with Crippen molar-refractivity contribution < 1.29 is 19.7 Å². The third-order valence-electron chi connectivity index (χ3n) is 6.30. The molecule has 2 aliphatic rings. The number of rotatable bonds is 6. The minimum atomic E-state index is -0.641. The fourth-order valence-corrected chi connectivity index (χ4v) is 4.56. The molecule has 30 heavy (non-hydrogen) atoms. The molecule has 0 unspecified atom stereocenters. The SMILES string of the molecule is Cc1c(CO)cc([N+](=O)[O-])c(N2CCC(NC(=O)C3CCCCC3)CC2)c1[N+](=O)[O-]. The number of hydrogen-bond acceptors (Lipinski definition) is 7. The molecule has 10 nitrogen and oxygen atoms in total. The molecule has 1 aliphatic carbocycles. The van der Waals surface area contributed by atoms with Crippen LogP contribution in [-0.4, -0.2) is 40.0 Å². The van der Waals surface area contributed by atoms with Crippen molar-refractivity contribution in [2.75, 3.05) is 18.0 Å². The van der Waals surface area contributed by atoms with Gasteiger partial charge in [0, 0.05) is 36.7 Å². The van der Waals surface area contributed by atoms with Gasteiger partial charge in [0.1, 0.15) is 0 Å². The van der Waals surface area contributed by atoms with E-state index in [1.807, 2.05) is 0 Å². The molecule has 2 N–H and O–H groups in total. The second-order valence-electron chi connectivity index (χ2n) is 8.15. The molecule has 1 aliphatic heterocycles. The predicted molar refractivity (Wildman–Crippen MR) is 110 cm³/mol. The number of amides is 1. The Morgan fingerprint density at radius 2 is 1.77 bits per heavy atom. The first kappa shape index (κ1) is 21.9. The number of carbonyl (C=O) groups excluding carboxylic acids is 1. The minimum absolute atomic E-state index is 0.0169. The Labute approximate surface area is 174 Å². The van der Waals surface area contributed by atoms with Crippen LogP contribution in [0, 0.1) is 33.1 Å². The Bertz CT molecular complexity index is 829. The van der Waals surface area contributed by atoms with Gasteiger partial charge in [0.05, 0.1) is 16.5 Å². The number of anilines is 1. The highest BCUT2D eigenvalue weighted by Gasteiger charge is 2.36. The standard InChI is InChI=1S/C20H28N4O6/c1-13-15(12-25)11-17(23(27)28)19(18(13)24(29)30)22-9-7-16(8-10-22)21-20(26)14-5-3-2-4-6-14/h11,14,16,25H,2-10,12H2,1H3,(H,21,26). The van der Waals surface area contributed by atoms with E-state index < -0.39 is 16.5 Å². The molecule has 1 heterocycles. The van der Waals surface area contributed by atoms with Crippen LogP contribution in [0.4, 0.5) is 17.1 Å². The topological polar surface area (TPSA) is 139 Å². The Hall–Kier alpha value is -2.75. The van der Waals surface area contributed by atoms with Gasteiger partial charge in [-0.15, -0.1) is 0 Å². The molecule has 164 valence electrons. The highest BCUT2D eigenvalue weighted by molar-refractivity contribution is 5.80. The van der Waals surface area contributed by atoms with Gasteiger partial charge >= 0.3 is 5.69 Å². The van der Waals surface area contributed by atoms with E-state index in [0.29, 0.717) is 25.9 Å². The average Bonchev–Trinajstić information content (AvgIpc) is 2.74. The monoisotopic (exact) mass is 420 g/mol. The summed E-state index contributed by atoms with van der Waals surface area (Å²) >= 11 is 0. The summed E-state index contributed by atoms with van der Waals surface area (Å²) in [6.45, 7) is 1.72. The summed E-state index contributed by atoms with van der Waals surface area (Å²) in [5.41, 5.74) is -0.321. The Kier molecular flexibility index (Phi) is 6.86. The molecule has 10 heteroatoms. The van der Waals surface area contributed by atoms with E-state index in [-0.39, 0.29) is 46.1 Å². The summed E-state index contributed by atoms with van der Waals surface area (Å²) < 4.78 is 0. The highest BCUT2D eigenvalue weighted by Crippen LogP contribution is 2.42. The van der Waals surface area contributed by atoms with Crippen molar-refractivity contribution in [3.63, 3.8) is 0 Å². The summed E-state index contributed by atoms with van der Waals surface area (Å²) in [6, 6.07) is 1.18. The molecule has 0 spiro atoms. The molecule has 1 aromatic rings. The Morgan fingerprint density at radius 1 is 1.13 bits per heavy atom. The maximum atomic E-state index is 12.5. The number of nitrogens with one attached hydrogen (secondary N) is 1. The molecule has 1 amide bonds. The van der Waals surface area contributed by atoms with Crippen molar-refractivity contribution in [2.45, 2.75) is 64.5 Å². The van der Waals surface area contributed by atoms with E-state index in [1.165, 1.54) is 19.4 Å². The van der Waals surface area contributed by atoms with Crippen molar-refractivity contribution >= 4 is 23.0 Å². The predicted octanol–water partition coefficient (Wildman–Crippen LogP) is 2.97. The van der Waals surface area contributed by atoms with E-state index in [9.17, 15) is 30.1 Å². The quantitative estimate of drug-likeness (QED) is 0.533. The molecule has 0 atom stereocenters. The number of benzene rings is 1. The number of aliphatic hydroxyl groups is 1. The van der Waals surface area contributed by atoms with Crippen LogP contribution in [0.1, 0.15) is 56.1 Å². The van der Waals surface area contributed by atoms with Crippen LogP contribution in [-0.2, 0) is 11.4 Å². The number of nitrogens with zero attached hydrogens (tertiary/aromatic N) is 3. The van der Waals surface area contributed by atoms with Crippen molar-refractivity contribution in [3.8, 4) is 0 Å². The van der Waals surface area contributed by atoms with Gasteiger partial charge in [-0.3, -0.25) is 25.0 Å². The lowest BCUT2D eigenvalue weighted by Crippen LogP contribution is -2.46. The molecular formula is C20H28N4O6. The third-order valence-corrected chi connectivity index (χ3v) is 6.30. The molecule has 3 rings (SSSR count). The van der Waals surface area contributed by atoms with Gasteiger partial charge in [-0.2, -0.15) is 0 Å². The molecule has 0 bridgehead atoms. The summed E-state index contributed by atoms with van der Waals surface area (Å²) in [6.07, 6.45) is 6.29. The van der Waals surface area contributed by atoms with Crippen LogP contribution in [0.25, 0.3) is 0 Å². The first-order valence-corrected chi connectivity index (χ1v) is 10.4. The lowest BCUT2D eigenvalue weighted by molar-refractivity contribution is -0.393. The van der Waals surface area contributed by atoms with Gasteiger partial charge in [0.25, 0.3) is 5.69 Å². The first-order valence-electron chi connectivity index (χ1n) is 10.4. The van der Waals surface area contributed by atoms with Crippen molar-refractivity contribution in [1.29, 1.82) is 0 Å². The zero-order valence-corrected chi connectivity index (χ0v) is 17.1. The fraction of sp³-hybridized carbons (Fsp3) is 0.650. The smallest absolute Gasteiger partial charge is 0.302 e. The number of aliphatic hydroxyl groups excluding tert-OH is 1. The van der Waals surface area contributed by atoms with E-state index in [2.05, 4.69) is 5.32 Å². The van der Waals surface area contributed by atoms with Crippen molar-refractivity contribution in [1.82, 2.24) is 5.32 Å². The van der Waals surface area contributed by atoms with Crippen LogP contribution in [0.2, 0.25) is 0 Å². The van der Waals surface area contributed by atoms with Gasteiger partial charge in [-0.25, -0.2) is 0 Å². The van der Waals surface area contributed by atoms with Crippen LogP contribution in [0.3, 0.4) is 0 Å². The number of nitro groups is 2. The average molecular weight is 420 g/mol. The molecule has 1 aromatic carbocycles. The number of nitro benzene ring substituents is 2. The zero-order valence-electron chi connectivity index (χ0n) is 17.1. The summed E-state index contributed by atoms with van der Waals surface area (Å²) in [7, 11) is 0. The number of hydrogen-bond donors (Lipinski definition) is 2. The Morgan fingerprint density at radius 3 is 2.30 bits per heavy atom. The summed E-state index contributed by atoms with van der Waals surface area (Å²) in [4.78, 5) is 36.2. The Balaban J connectivity index is 1.77. The summed E-state index contributed by atoms with van der Waals surface area (Å²) in [5, 5.41) is 35.9. The lowest BCUT2D eigenvalue weighted by Gasteiger charge is -2.34. The third kappa shape index (κ3) is 4.53. The van der Waals surface area contributed by atoms with Crippen LogP contribution in [0.15, 0.2) is 6.07 Å². The second kappa shape index (κ2) is 9.38. The molecule has 1 saturated carbocycles. The van der Waals surface area contributed by atoms with E-state index in [1.54, 1.807) is 4.90 Å².